The van der Waals surface area contributed by atoms with Crippen LogP contribution in [0.25, 0.3) is 0 Å². The lowest BCUT2D eigenvalue weighted by Gasteiger charge is -2.23. The molecule has 1 aromatic carbocycles. The van der Waals surface area contributed by atoms with Gasteiger partial charge in [0.15, 0.2) is 0 Å². The Hall–Kier alpha value is -0.990. The van der Waals surface area contributed by atoms with Crippen LogP contribution in [0.15, 0.2) is 30.4 Å². The van der Waals surface area contributed by atoms with Gasteiger partial charge in [0.25, 0.3) is 5.91 Å². The number of rotatable bonds is 1. The normalized spacial score (nSPS) is 15.2. The number of amides is 1. The van der Waals surface area contributed by atoms with Crippen LogP contribution in [-0.2, 0) is 0 Å². The summed E-state index contributed by atoms with van der Waals surface area (Å²) in [6.07, 6.45) is 4.97. The molecule has 0 unspecified atom stereocenters. The smallest absolute Gasteiger partial charge is 0.254 e. The van der Waals surface area contributed by atoms with E-state index >= 15 is 0 Å². The molecule has 2 rings (SSSR count). The Morgan fingerprint density at radius 1 is 1.12 bits per heavy atom. The van der Waals surface area contributed by atoms with Gasteiger partial charge >= 0.3 is 0 Å². The van der Waals surface area contributed by atoms with Crippen LogP contribution < -0.4 is 0 Å². The SMILES string of the molecule is O=C(c1cc(Cl)cc(Cl)c1)N1CC=CCC1. The molecule has 16 heavy (non-hydrogen) atoms. The van der Waals surface area contributed by atoms with E-state index < -0.39 is 0 Å². The summed E-state index contributed by atoms with van der Waals surface area (Å²) in [6.45, 7) is 1.41. The number of halogens is 2. The average molecular weight is 256 g/mol. The fourth-order valence-electron chi connectivity index (χ4n) is 1.69. The van der Waals surface area contributed by atoms with Crippen molar-refractivity contribution in [1.29, 1.82) is 0 Å². The molecule has 4 heteroatoms. The van der Waals surface area contributed by atoms with E-state index in [1.54, 1.807) is 23.1 Å². The lowest BCUT2D eigenvalue weighted by atomic mass is 10.1. The second-order valence-electron chi connectivity index (χ2n) is 3.67. The minimum atomic E-state index is -0.0197. The Morgan fingerprint density at radius 3 is 2.38 bits per heavy atom. The Bertz CT molecular complexity index is 422. The molecule has 0 atom stereocenters. The van der Waals surface area contributed by atoms with E-state index in [1.807, 2.05) is 6.08 Å². The predicted molar refractivity (Wildman–Crippen MR) is 66.1 cm³/mol. The molecule has 1 aliphatic heterocycles. The molecule has 0 saturated carbocycles. The van der Waals surface area contributed by atoms with Crippen LogP contribution in [-0.4, -0.2) is 23.9 Å². The quantitative estimate of drug-likeness (QED) is 0.705. The van der Waals surface area contributed by atoms with Crippen molar-refractivity contribution in [2.75, 3.05) is 13.1 Å². The second-order valence-corrected chi connectivity index (χ2v) is 4.54. The maximum atomic E-state index is 12.1. The summed E-state index contributed by atoms with van der Waals surface area (Å²) in [5.41, 5.74) is 0.549. The summed E-state index contributed by atoms with van der Waals surface area (Å²) < 4.78 is 0. The van der Waals surface area contributed by atoms with Crippen molar-refractivity contribution in [3.05, 3.63) is 46.0 Å². The highest BCUT2D eigenvalue weighted by Crippen LogP contribution is 2.20. The summed E-state index contributed by atoms with van der Waals surface area (Å²) in [5.74, 6) is -0.0197. The number of carbonyl (C=O) groups excluding carboxylic acids is 1. The predicted octanol–water partition coefficient (Wildman–Crippen LogP) is 3.40. The van der Waals surface area contributed by atoms with E-state index in [4.69, 9.17) is 23.2 Å². The molecule has 1 heterocycles. The van der Waals surface area contributed by atoms with Gasteiger partial charge in [0, 0.05) is 28.7 Å². The molecule has 84 valence electrons. The fourth-order valence-corrected chi connectivity index (χ4v) is 2.21. The molecule has 0 N–H and O–H groups in total. The van der Waals surface area contributed by atoms with Gasteiger partial charge in [0.1, 0.15) is 0 Å². The molecule has 0 radical (unpaired) electrons. The largest absolute Gasteiger partial charge is 0.335 e. The van der Waals surface area contributed by atoms with Crippen LogP contribution >= 0.6 is 23.2 Å². The molecular weight excluding hydrogens is 245 g/mol. The van der Waals surface area contributed by atoms with Crippen LogP contribution in [0.5, 0.6) is 0 Å². The van der Waals surface area contributed by atoms with Crippen molar-refractivity contribution in [3.63, 3.8) is 0 Å². The van der Waals surface area contributed by atoms with Gasteiger partial charge in [0.2, 0.25) is 0 Å². The van der Waals surface area contributed by atoms with Crippen molar-refractivity contribution in [2.45, 2.75) is 6.42 Å². The number of benzene rings is 1. The van der Waals surface area contributed by atoms with E-state index in [0.717, 1.165) is 13.0 Å². The Balaban J connectivity index is 2.23. The summed E-state index contributed by atoms with van der Waals surface area (Å²) in [5, 5.41) is 0.979. The molecular formula is C12H11Cl2NO. The molecule has 1 aliphatic rings. The van der Waals surface area contributed by atoms with Crippen LogP contribution in [0.1, 0.15) is 16.8 Å². The van der Waals surface area contributed by atoms with Crippen molar-refractivity contribution in [1.82, 2.24) is 4.90 Å². The van der Waals surface area contributed by atoms with Crippen molar-refractivity contribution in [2.24, 2.45) is 0 Å². The minimum Gasteiger partial charge on any atom is -0.335 e. The minimum absolute atomic E-state index is 0.0197. The molecule has 0 saturated heterocycles. The van der Waals surface area contributed by atoms with E-state index in [-0.39, 0.29) is 5.91 Å². The highest BCUT2D eigenvalue weighted by Gasteiger charge is 2.16. The van der Waals surface area contributed by atoms with E-state index in [9.17, 15) is 4.79 Å². The third kappa shape index (κ3) is 2.57. The maximum absolute atomic E-state index is 12.1. The van der Waals surface area contributed by atoms with Gasteiger partial charge in [-0.1, -0.05) is 35.4 Å². The van der Waals surface area contributed by atoms with Gasteiger partial charge in [-0.15, -0.1) is 0 Å². The van der Waals surface area contributed by atoms with Gasteiger partial charge in [0.05, 0.1) is 0 Å². The lowest BCUT2D eigenvalue weighted by Crippen LogP contribution is -2.33. The van der Waals surface area contributed by atoms with Crippen molar-refractivity contribution in [3.8, 4) is 0 Å². The molecule has 1 amide bonds. The third-order valence-electron chi connectivity index (χ3n) is 2.45. The van der Waals surface area contributed by atoms with E-state index in [0.29, 0.717) is 22.2 Å². The average Bonchev–Trinajstić information content (AvgIpc) is 2.28. The Morgan fingerprint density at radius 2 is 1.81 bits per heavy atom. The topological polar surface area (TPSA) is 20.3 Å². The molecule has 0 fully saturated rings. The first-order chi connectivity index (χ1) is 7.66. The Labute approximate surface area is 104 Å². The van der Waals surface area contributed by atoms with Gasteiger partial charge < -0.3 is 4.90 Å². The van der Waals surface area contributed by atoms with E-state index in [1.165, 1.54) is 0 Å². The third-order valence-corrected chi connectivity index (χ3v) is 2.89. The number of nitrogens with zero attached hydrogens (tertiary/aromatic N) is 1. The molecule has 1 aromatic rings. The zero-order chi connectivity index (χ0) is 11.5. The van der Waals surface area contributed by atoms with E-state index in [2.05, 4.69) is 6.08 Å². The number of hydrogen-bond donors (Lipinski definition) is 0. The first-order valence-electron chi connectivity index (χ1n) is 5.07. The summed E-state index contributed by atoms with van der Waals surface area (Å²) in [4.78, 5) is 13.9. The second kappa shape index (κ2) is 4.89. The highest BCUT2D eigenvalue weighted by molar-refractivity contribution is 6.35. The van der Waals surface area contributed by atoms with Crippen molar-refractivity contribution >= 4 is 29.1 Å². The molecule has 0 aromatic heterocycles. The van der Waals surface area contributed by atoms with Crippen LogP contribution in [0.2, 0.25) is 10.0 Å². The van der Waals surface area contributed by atoms with Gasteiger partial charge in [-0.2, -0.15) is 0 Å². The summed E-state index contributed by atoms with van der Waals surface area (Å²) in [7, 11) is 0. The molecule has 0 bridgehead atoms. The van der Waals surface area contributed by atoms with Crippen LogP contribution in [0.3, 0.4) is 0 Å². The van der Waals surface area contributed by atoms with Gasteiger partial charge in [-0.3, -0.25) is 4.79 Å². The van der Waals surface area contributed by atoms with Crippen LogP contribution in [0.4, 0.5) is 0 Å². The Kier molecular flexibility index (Phi) is 3.52. The standard InChI is InChI=1S/C12H11Cl2NO/c13-10-6-9(7-11(14)8-10)12(16)15-4-2-1-3-5-15/h1-2,6-8H,3-5H2. The summed E-state index contributed by atoms with van der Waals surface area (Å²) in [6, 6.07) is 4.91. The molecule has 0 aliphatic carbocycles. The summed E-state index contributed by atoms with van der Waals surface area (Å²) >= 11 is 11.7. The number of hydrogen-bond acceptors (Lipinski definition) is 1. The zero-order valence-corrected chi connectivity index (χ0v) is 10.1. The monoisotopic (exact) mass is 255 g/mol. The van der Waals surface area contributed by atoms with Gasteiger partial charge in [-0.25, -0.2) is 0 Å². The van der Waals surface area contributed by atoms with Gasteiger partial charge in [-0.05, 0) is 24.6 Å². The van der Waals surface area contributed by atoms with Crippen LogP contribution in [0, 0.1) is 0 Å². The maximum Gasteiger partial charge on any atom is 0.254 e. The zero-order valence-electron chi connectivity index (χ0n) is 8.62. The van der Waals surface area contributed by atoms with Crippen molar-refractivity contribution < 1.29 is 4.79 Å². The molecule has 2 nitrogen and oxygen atoms in total. The highest BCUT2D eigenvalue weighted by atomic mass is 35.5. The first kappa shape index (κ1) is 11.5. The lowest BCUT2D eigenvalue weighted by molar-refractivity contribution is 0.0771. The molecule has 0 spiro atoms. The first-order valence-corrected chi connectivity index (χ1v) is 5.83. The fraction of sp³-hybridized carbons (Fsp3) is 0.250. The number of carbonyl (C=O) groups is 1.